The second kappa shape index (κ2) is 8.10. The number of aromatic nitrogens is 2. The summed E-state index contributed by atoms with van der Waals surface area (Å²) in [5.74, 6) is -0.561. The van der Waals surface area contributed by atoms with E-state index in [1.54, 1.807) is 34.7 Å². The van der Waals surface area contributed by atoms with Crippen LogP contribution in [0.15, 0.2) is 46.8 Å². The zero-order valence-electron chi connectivity index (χ0n) is 16.0. The quantitative estimate of drug-likeness (QED) is 0.589. The molecule has 1 aliphatic heterocycles. The molecule has 3 aromatic rings. The third-order valence-corrected chi connectivity index (χ3v) is 8.58. The average Bonchev–Trinajstić information content (AvgIpc) is 3.34. The summed E-state index contributed by atoms with van der Waals surface area (Å²) < 4.78 is 42.2. The smallest absolute Gasteiger partial charge is 0.257 e. The molecule has 1 aromatic carbocycles. The molecule has 1 aliphatic rings. The zero-order chi connectivity index (χ0) is 21.5. The predicted molar refractivity (Wildman–Crippen MR) is 112 cm³/mol. The van der Waals surface area contributed by atoms with E-state index >= 15 is 0 Å². The number of amides is 1. The minimum absolute atomic E-state index is 0.198. The van der Waals surface area contributed by atoms with Crippen LogP contribution >= 0.6 is 22.9 Å². The maximum absolute atomic E-state index is 13.2. The number of nitrogens with zero attached hydrogens (tertiary/aromatic N) is 4. The lowest BCUT2D eigenvalue weighted by atomic mass is 10.2. The molecule has 0 unspecified atom stereocenters. The predicted octanol–water partition coefficient (Wildman–Crippen LogP) is 3.18. The van der Waals surface area contributed by atoms with Crippen molar-refractivity contribution in [3.05, 3.63) is 64.0 Å². The number of hydrogen-bond acceptors (Lipinski definition) is 5. The van der Waals surface area contributed by atoms with Gasteiger partial charge in [0.2, 0.25) is 0 Å². The van der Waals surface area contributed by atoms with Gasteiger partial charge in [0.25, 0.3) is 15.9 Å². The summed E-state index contributed by atoms with van der Waals surface area (Å²) in [7, 11) is -3.62. The highest BCUT2D eigenvalue weighted by atomic mass is 35.5. The van der Waals surface area contributed by atoms with Gasteiger partial charge in [-0.25, -0.2) is 17.5 Å². The summed E-state index contributed by atoms with van der Waals surface area (Å²) in [5, 5.41) is 4.26. The van der Waals surface area contributed by atoms with Gasteiger partial charge in [-0.15, -0.1) is 11.3 Å². The number of benzene rings is 1. The van der Waals surface area contributed by atoms with Gasteiger partial charge >= 0.3 is 0 Å². The van der Waals surface area contributed by atoms with E-state index in [-0.39, 0.29) is 42.1 Å². The third kappa shape index (κ3) is 3.87. The van der Waals surface area contributed by atoms with Gasteiger partial charge in [-0.3, -0.25) is 4.79 Å². The molecular formula is C19H18ClFN4O3S2. The Hall–Kier alpha value is -2.27. The molecule has 30 heavy (non-hydrogen) atoms. The van der Waals surface area contributed by atoms with Crippen LogP contribution in [0.4, 0.5) is 4.39 Å². The van der Waals surface area contributed by atoms with Crippen LogP contribution in [0, 0.1) is 12.7 Å². The van der Waals surface area contributed by atoms with Crippen molar-refractivity contribution in [1.29, 1.82) is 0 Å². The van der Waals surface area contributed by atoms with Crippen LogP contribution in [0.3, 0.4) is 0 Å². The van der Waals surface area contributed by atoms with Crippen molar-refractivity contribution in [2.75, 3.05) is 26.2 Å². The fraction of sp³-hybridized carbons (Fsp3) is 0.263. The zero-order valence-corrected chi connectivity index (χ0v) is 18.3. The summed E-state index contributed by atoms with van der Waals surface area (Å²) in [6, 6.07) is 8.89. The van der Waals surface area contributed by atoms with Crippen molar-refractivity contribution in [3.8, 4) is 5.69 Å². The van der Waals surface area contributed by atoms with Crippen LogP contribution in [0.1, 0.15) is 16.1 Å². The summed E-state index contributed by atoms with van der Waals surface area (Å²) >= 11 is 6.88. The van der Waals surface area contributed by atoms with E-state index < -0.39 is 10.0 Å². The second-order valence-electron chi connectivity index (χ2n) is 6.79. The molecule has 158 valence electrons. The van der Waals surface area contributed by atoms with E-state index in [4.69, 9.17) is 11.6 Å². The van der Waals surface area contributed by atoms with Crippen molar-refractivity contribution in [1.82, 2.24) is 19.0 Å². The van der Waals surface area contributed by atoms with Crippen LogP contribution in [-0.4, -0.2) is 59.5 Å². The maximum Gasteiger partial charge on any atom is 0.257 e. The van der Waals surface area contributed by atoms with Gasteiger partial charge in [-0.2, -0.15) is 9.40 Å². The number of carbonyl (C=O) groups is 1. The molecule has 1 saturated heterocycles. The van der Waals surface area contributed by atoms with Gasteiger partial charge in [0.1, 0.15) is 10.0 Å². The lowest BCUT2D eigenvalue weighted by Gasteiger charge is -2.33. The molecule has 2 aromatic heterocycles. The van der Waals surface area contributed by atoms with Crippen molar-refractivity contribution in [2.24, 2.45) is 0 Å². The molecule has 0 bridgehead atoms. The highest BCUT2D eigenvalue weighted by molar-refractivity contribution is 7.91. The highest BCUT2D eigenvalue weighted by Crippen LogP contribution is 2.29. The Bertz CT molecular complexity index is 1180. The standard InChI is InChI=1S/C19H18ClFN4O3S2/c1-13-16(12-22-25(13)15-4-2-14(21)3-5-15)19(26)23-8-10-24(11-9-23)30(27,28)18-7-6-17(20)29-18/h2-7,12H,8-11H2,1H3. The first-order valence-corrected chi connectivity index (χ1v) is 11.8. The number of hydrogen-bond donors (Lipinski definition) is 0. The van der Waals surface area contributed by atoms with E-state index in [2.05, 4.69) is 5.10 Å². The lowest BCUT2D eigenvalue weighted by molar-refractivity contribution is 0.0697. The monoisotopic (exact) mass is 468 g/mol. The molecule has 0 aliphatic carbocycles. The molecule has 4 rings (SSSR count). The Morgan fingerprint density at radius 1 is 1.10 bits per heavy atom. The van der Waals surface area contributed by atoms with E-state index in [1.807, 2.05) is 0 Å². The minimum Gasteiger partial charge on any atom is -0.336 e. The van der Waals surface area contributed by atoms with Crippen LogP contribution in [0.25, 0.3) is 5.69 Å². The molecule has 3 heterocycles. The molecule has 1 fully saturated rings. The van der Waals surface area contributed by atoms with E-state index in [1.165, 1.54) is 28.7 Å². The average molecular weight is 469 g/mol. The first kappa shape index (κ1) is 21.0. The van der Waals surface area contributed by atoms with Crippen LogP contribution in [0.5, 0.6) is 0 Å². The van der Waals surface area contributed by atoms with Gasteiger partial charge in [-0.1, -0.05) is 11.6 Å². The number of rotatable bonds is 4. The highest BCUT2D eigenvalue weighted by Gasteiger charge is 2.32. The third-order valence-electron chi connectivity index (χ3n) is 4.98. The second-order valence-corrected chi connectivity index (χ2v) is 10.7. The first-order chi connectivity index (χ1) is 14.3. The first-order valence-electron chi connectivity index (χ1n) is 9.13. The minimum atomic E-state index is -3.62. The normalized spacial score (nSPS) is 15.5. The summed E-state index contributed by atoms with van der Waals surface area (Å²) in [6.07, 6.45) is 1.48. The van der Waals surface area contributed by atoms with Crippen LogP contribution in [-0.2, 0) is 10.0 Å². The van der Waals surface area contributed by atoms with Gasteiger partial charge < -0.3 is 4.90 Å². The molecule has 0 N–H and O–H groups in total. The van der Waals surface area contributed by atoms with Crippen molar-refractivity contribution in [3.63, 3.8) is 0 Å². The van der Waals surface area contributed by atoms with Crippen molar-refractivity contribution in [2.45, 2.75) is 11.1 Å². The van der Waals surface area contributed by atoms with Crippen molar-refractivity contribution < 1.29 is 17.6 Å². The summed E-state index contributed by atoms with van der Waals surface area (Å²) in [6.45, 7) is 2.73. The van der Waals surface area contributed by atoms with E-state index in [0.717, 1.165) is 11.3 Å². The Morgan fingerprint density at radius 3 is 2.37 bits per heavy atom. The van der Waals surface area contributed by atoms with E-state index in [9.17, 15) is 17.6 Å². The van der Waals surface area contributed by atoms with E-state index in [0.29, 0.717) is 21.3 Å². The topological polar surface area (TPSA) is 75.5 Å². The number of sulfonamides is 1. The summed E-state index contributed by atoms with van der Waals surface area (Å²) in [5.41, 5.74) is 1.72. The molecule has 1 amide bonds. The molecule has 0 spiro atoms. The Kier molecular flexibility index (Phi) is 5.67. The fourth-order valence-electron chi connectivity index (χ4n) is 3.33. The van der Waals surface area contributed by atoms with Gasteiger partial charge in [0.05, 0.1) is 27.5 Å². The largest absolute Gasteiger partial charge is 0.336 e. The Morgan fingerprint density at radius 2 is 1.77 bits per heavy atom. The van der Waals surface area contributed by atoms with Gasteiger partial charge in [0.15, 0.2) is 0 Å². The summed E-state index contributed by atoms with van der Waals surface area (Å²) in [4.78, 5) is 14.6. The van der Waals surface area contributed by atoms with Crippen LogP contribution < -0.4 is 0 Å². The van der Waals surface area contributed by atoms with Gasteiger partial charge in [-0.05, 0) is 43.3 Å². The molecule has 0 atom stereocenters. The van der Waals surface area contributed by atoms with Gasteiger partial charge in [0, 0.05) is 26.2 Å². The lowest BCUT2D eigenvalue weighted by Crippen LogP contribution is -2.50. The maximum atomic E-state index is 13.2. The SMILES string of the molecule is Cc1c(C(=O)N2CCN(S(=O)(=O)c3ccc(Cl)s3)CC2)cnn1-c1ccc(F)cc1. The molecule has 0 saturated carbocycles. The number of carbonyl (C=O) groups excluding carboxylic acids is 1. The molecule has 11 heteroatoms. The molecular weight excluding hydrogens is 451 g/mol. The van der Waals surface area contributed by atoms with Crippen molar-refractivity contribution >= 4 is 38.9 Å². The number of thiophene rings is 1. The number of piperazine rings is 1. The Balaban J connectivity index is 1.47. The Labute approximate surface area is 182 Å². The fourth-order valence-corrected chi connectivity index (χ4v) is 6.39. The molecule has 7 nitrogen and oxygen atoms in total. The molecule has 0 radical (unpaired) electrons. The van der Waals surface area contributed by atoms with Crippen LogP contribution in [0.2, 0.25) is 4.34 Å². The number of halogens is 2.